The average Bonchev–Trinajstić information content (AvgIpc) is 2.30. The van der Waals surface area contributed by atoms with Gasteiger partial charge in [-0.25, -0.2) is 4.98 Å². The van der Waals surface area contributed by atoms with Gasteiger partial charge in [-0.2, -0.15) is 0 Å². The topological polar surface area (TPSA) is 81.8 Å². The van der Waals surface area contributed by atoms with Crippen molar-refractivity contribution in [3.8, 4) is 0 Å². The van der Waals surface area contributed by atoms with E-state index in [4.69, 9.17) is 5.73 Å². The van der Waals surface area contributed by atoms with Crippen LogP contribution in [0.4, 0.5) is 5.69 Å². The predicted molar refractivity (Wildman–Crippen MR) is 54.1 cm³/mol. The molecule has 0 aliphatic heterocycles. The summed E-state index contributed by atoms with van der Waals surface area (Å²) in [4.78, 5) is 23.4. The van der Waals surface area contributed by atoms with E-state index in [9.17, 15) is 4.79 Å². The SMILES string of the molecule is Nc1ccc(C(=O)c2cnccn2)nc1. The molecule has 5 heteroatoms. The van der Waals surface area contributed by atoms with Crippen molar-refractivity contribution in [2.24, 2.45) is 0 Å². The molecule has 0 unspecified atom stereocenters. The molecule has 2 aromatic rings. The molecule has 0 fully saturated rings. The Kier molecular flexibility index (Phi) is 2.37. The van der Waals surface area contributed by atoms with Crippen LogP contribution < -0.4 is 5.73 Å². The van der Waals surface area contributed by atoms with E-state index in [2.05, 4.69) is 15.0 Å². The molecule has 2 N–H and O–H groups in total. The number of hydrogen-bond donors (Lipinski definition) is 1. The van der Waals surface area contributed by atoms with Crippen LogP contribution in [0.2, 0.25) is 0 Å². The molecule has 2 aromatic heterocycles. The van der Waals surface area contributed by atoms with Crippen molar-refractivity contribution >= 4 is 11.5 Å². The molecular formula is C10H8N4O. The van der Waals surface area contributed by atoms with Gasteiger partial charge >= 0.3 is 0 Å². The highest BCUT2D eigenvalue weighted by Crippen LogP contribution is 2.05. The van der Waals surface area contributed by atoms with Gasteiger partial charge in [0.05, 0.1) is 18.1 Å². The van der Waals surface area contributed by atoms with Crippen LogP contribution in [0, 0.1) is 0 Å². The Morgan fingerprint density at radius 3 is 2.53 bits per heavy atom. The Hall–Kier alpha value is -2.30. The Balaban J connectivity index is 2.33. The summed E-state index contributed by atoms with van der Waals surface area (Å²) in [7, 11) is 0. The maximum atomic E-state index is 11.8. The second-order valence-electron chi connectivity index (χ2n) is 2.90. The van der Waals surface area contributed by atoms with Gasteiger partial charge in [0.15, 0.2) is 0 Å². The minimum absolute atomic E-state index is 0.261. The number of carbonyl (C=O) groups is 1. The minimum Gasteiger partial charge on any atom is -0.397 e. The summed E-state index contributed by atoms with van der Waals surface area (Å²) in [6.07, 6.45) is 5.81. The van der Waals surface area contributed by atoms with Gasteiger partial charge in [-0.05, 0) is 12.1 Å². The molecule has 0 saturated carbocycles. The molecule has 2 heterocycles. The summed E-state index contributed by atoms with van der Waals surface area (Å²) in [6.45, 7) is 0. The third-order valence-electron chi connectivity index (χ3n) is 1.81. The molecule has 2 rings (SSSR count). The molecule has 0 aromatic carbocycles. The van der Waals surface area contributed by atoms with Crippen LogP contribution >= 0.6 is 0 Å². The number of rotatable bonds is 2. The molecule has 0 atom stereocenters. The number of ketones is 1. The Morgan fingerprint density at radius 2 is 1.93 bits per heavy atom. The normalized spacial score (nSPS) is 9.87. The summed E-state index contributed by atoms with van der Waals surface area (Å²) in [5.41, 5.74) is 6.57. The maximum absolute atomic E-state index is 11.8. The molecule has 0 bridgehead atoms. The van der Waals surface area contributed by atoms with E-state index in [0.717, 1.165) is 0 Å². The molecule has 0 aliphatic rings. The van der Waals surface area contributed by atoms with Crippen molar-refractivity contribution in [1.82, 2.24) is 15.0 Å². The van der Waals surface area contributed by atoms with Crippen molar-refractivity contribution in [3.63, 3.8) is 0 Å². The molecule has 0 aliphatic carbocycles. The zero-order valence-electron chi connectivity index (χ0n) is 7.79. The number of aromatic nitrogens is 3. The lowest BCUT2D eigenvalue weighted by atomic mass is 10.2. The van der Waals surface area contributed by atoms with E-state index in [1.165, 1.54) is 24.8 Å². The number of nitrogens with two attached hydrogens (primary N) is 1. The third kappa shape index (κ3) is 1.96. The van der Waals surface area contributed by atoms with E-state index in [0.29, 0.717) is 11.4 Å². The van der Waals surface area contributed by atoms with Gasteiger partial charge in [-0.3, -0.25) is 14.8 Å². The highest BCUT2D eigenvalue weighted by molar-refractivity contribution is 6.06. The van der Waals surface area contributed by atoms with E-state index < -0.39 is 0 Å². The highest BCUT2D eigenvalue weighted by atomic mass is 16.1. The first-order valence-corrected chi connectivity index (χ1v) is 4.29. The van der Waals surface area contributed by atoms with E-state index in [1.54, 1.807) is 12.1 Å². The van der Waals surface area contributed by atoms with Crippen LogP contribution in [-0.4, -0.2) is 20.7 Å². The molecule has 0 amide bonds. The van der Waals surface area contributed by atoms with Gasteiger partial charge in [0.25, 0.3) is 0 Å². The number of nitrogen functional groups attached to an aromatic ring is 1. The van der Waals surface area contributed by atoms with Crippen LogP contribution in [0.3, 0.4) is 0 Å². The van der Waals surface area contributed by atoms with Gasteiger partial charge in [-0.1, -0.05) is 0 Å². The largest absolute Gasteiger partial charge is 0.397 e. The lowest BCUT2D eigenvalue weighted by Gasteiger charge is -1.98. The molecule has 0 spiro atoms. The first-order chi connectivity index (χ1) is 7.27. The number of nitrogens with zero attached hydrogens (tertiary/aromatic N) is 3. The Labute approximate surface area is 86.0 Å². The summed E-state index contributed by atoms with van der Waals surface area (Å²) >= 11 is 0. The van der Waals surface area contributed by atoms with Gasteiger partial charge in [0.1, 0.15) is 11.4 Å². The summed E-state index contributed by atoms with van der Waals surface area (Å²) in [5, 5.41) is 0. The quantitative estimate of drug-likeness (QED) is 0.721. The fraction of sp³-hybridized carbons (Fsp3) is 0. The summed E-state index contributed by atoms with van der Waals surface area (Å²) in [5.74, 6) is -0.261. The molecular weight excluding hydrogens is 192 g/mol. The number of pyridine rings is 1. The predicted octanol–water partition coefficient (Wildman–Crippen LogP) is 0.685. The van der Waals surface area contributed by atoms with Gasteiger partial charge in [0, 0.05) is 12.4 Å². The molecule has 5 nitrogen and oxygen atoms in total. The monoisotopic (exact) mass is 200 g/mol. The second-order valence-corrected chi connectivity index (χ2v) is 2.90. The molecule has 74 valence electrons. The third-order valence-corrected chi connectivity index (χ3v) is 1.81. The summed E-state index contributed by atoms with van der Waals surface area (Å²) < 4.78 is 0. The van der Waals surface area contributed by atoms with Crippen LogP contribution in [-0.2, 0) is 0 Å². The van der Waals surface area contributed by atoms with E-state index >= 15 is 0 Å². The van der Waals surface area contributed by atoms with Crippen LogP contribution in [0.15, 0.2) is 36.9 Å². The summed E-state index contributed by atoms with van der Waals surface area (Å²) in [6, 6.07) is 3.18. The lowest BCUT2D eigenvalue weighted by molar-refractivity contribution is 0.102. The fourth-order valence-corrected chi connectivity index (χ4v) is 1.09. The highest BCUT2D eigenvalue weighted by Gasteiger charge is 2.11. The Bertz CT molecular complexity index is 467. The number of anilines is 1. The standard InChI is InChI=1S/C10H8N4O/c11-7-1-2-8(14-5-7)10(15)9-6-12-3-4-13-9/h1-6H,11H2. The average molecular weight is 200 g/mol. The van der Waals surface area contributed by atoms with Crippen LogP contribution in [0.25, 0.3) is 0 Å². The van der Waals surface area contributed by atoms with Crippen LogP contribution in [0.1, 0.15) is 16.2 Å². The number of carbonyl (C=O) groups excluding carboxylic acids is 1. The first kappa shape index (κ1) is 9.26. The zero-order chi connectivity index (χ0) is 10.7. The smallest absolute Gasteiger partial charge is 0.231 e. The van der Waals surface area contributed by atoms with Crippen molar-refractivity contribution < 1.29 is 4.79 Å². The van der Waals surface area contributed by atoms with Crippen molar-refractivity contribution in [1.29, 1.82) is 0 Å². The van der Waals surface area contributed by atoms with Crippen molar-refractivity contribution in [3.05, 3.63) is 48.3 Å². The molecule has 0 saturated heterocycles. The van der Waals surface area contributed by atoms with Crippen molar-refractivity contribution in [2.75, 3.05) is 5.73 Å². The molecule has 15 heavy (non-hydrogen) atoms. The van der Waals surface area contributed by atoms with E-state index in [1.807, 2.05) is 0 Å². The second kappa shape index (κ2) is 3.83. The lowest BCUT2D eigenvalue weighted by Crippen LogP contribution is -2.06. The minimum atomic E-state index is -0.261. The molecule has 0 radical (unpaired) electrons. The zero-order valence-corrected chi connectivity index (χ0v) is 7.79. The van der Waals surface area contributed by atoms with Gasteiger partial charge < -0.3 is 5.73 Å². The van der Waals surface area contributed by atoms with Crippen LogP contribution in [0.5, 0.6) is 0 Å². The fourth-order valence-electron chi connectivity index (χ4n) is 1.09. The van der Waals surface area contributed by atoms with Crippen molar-refractivity contribution in [2.45, 2.75) is 0 Å². The van der Waals surface area contributed by atoms with E-state index in [-0.39, 0.29) is 11.5 Å². The first-order valence-electron chi connectivity index (χ1n) is 4.29. The van der Waals surface area contributed by atoms with Gasteiger partial charge in [0.2, 0.25) is 5.78 Å². The Morgan fingerprint density at radius 1 is 1.07 bits per heavy atom. The van der Waals surface area contributed by atoms with Gasteiger partial charge in [-0.15, -0.1) is 0 Å². The maximum Gasteiger partial charge on any atom is 0.231 e. The number of hydrogen-bond acceptors (Lipinski definition) is 5.